The molecule has 4 heteroatoms. The Morgan fingerprint density at radius 2 is 2.13 bits per heavy atom. The molecule has 2 nitrogen and oxygen atoms in total. The van der Waals surface area contributed by atoms with Crippen molar-refractivity contribution in [2.24, 2.45) is 9.98 Å². The maximum atomic E-state index is 4.50. The molecule has 1 aromatic rings. The molecule has 1 unspecified atom stereocenters. The molecule has 0 saturated carbocycles. The van der Waals surface area contributed by atoms with Crippen molar-refractivity contribution in [2.45, 2.75) is 19.1 Å². The third-order valence-corrected chi connectivity index (χ3v) is 3.97. The standard InChI is InChI=1S/C11H11BrN2S/c1-7-8(2)15-11(13-7)14-10-6-4-3-5-9(10)12/h3-6,8H,1-2H3. The Hall–Kier alpha value is -0.610. The van der Waals surface area contributed by atoms with Crippen LogP contribution < -0.4 is 0 Å². The lowest BCUT2D eigenvalue weighted by molar-refractivity contribution is 1.31. The minimum Gasteiger partial charge on any atom is -0.231 e. The number of benzene rings is 1. The van der Waals surface area contributed by atoms with Crippen LogP contribution in [0.1, 0.15) is 13.8 Å². The van der Waals surface area contributed by atoms with Crippen molar-refractivity contribution >= 4 is 44.3 Å². The quantitative estimate of drug-likeness (QED) is 0.763. The number of amidine groups is 1. The van der Waals surface area contributed by atoms with E-state index >= 15 is 0 Å². The van der Waals surface area contributed by atoms with Gasteiger partial charge in [-0.25, -0.2) is 9.98 Å². The molecule has 1 heterocycles. The lowest BCUT2D eigenvalue weighted by Gasteiger charge is -1.99. The number of aliphatic imine (C=N–C) groups is 2. The van der Waals surface area contributed by atoms with Crippen molar-refractivity contribution in [2.75, 3.05) is 0 Å². The molecular weight excluding hydrogens is 272 g/mol. The largest absolute Gasteiger partial charge is 0.231 e. The highest BCUT2D eigenvalue weighted by atomic mass is 79.9. The molecular formula is C11H11BrN2S. The van der Waals surface area contributed by atoms with E-state index in [0.29, 0.717) is 5.25 Å². The fraction of sp³-hybridized carbons (Fsp3) is 0.273. The van der Waals surface area contributed by atoms with Gasteiger partial charge in [-0.3, -0.25) is 0 Å². The van der Waals surface area contributed by atoms with Crippen LogP contribution in [0.15, 0.2) is 38.7 Å². The molecule has 1 atom stereocenters. The molecule has 0 amide bonds. The Morgan fingerprint density at radius 1 is 1.40 bits per heavy atom. The highest BCUT2D eigenvalue weighted by Crippen LogP contribution is 2.29. The SMILES string of the molecule is CC1=NC(=Nc2ccccc2Br)SC1C. The highest BCUT2D eigenvalue weighted by molar-refractivity contribution is 9.10. The van der Waals surface area contributed by atoms with Gasteiger partial charge in [0.1, 0.15) is 0 Å². The molecule has 0 radical (unpaired) electrons. The third kappa shape index (κ3) is 2.49. The van der Waals surface area contributed by atoms with Gasteiger partial charge in [0.05, 0.1) is 5.69 Å². The van der Waals surface area contributed by atoms with E-state index in [1.165, 1.54) is 0 Å². The van der Waals surface area contributed by atoms with E-state index in [4.69, 9.17) is 0 Å². The van der Waals surface area contributed by atoms with E-state index in [0.717, 1.165) is 21.0 Å². The van der Waals surface area contributed by atoms with Crippen LogP contribution >= 0.6 is 27.7 Å². The van der Waals surface area contributed by atoms with Crippen molar-refractivity contribution in [1.29, 1.82) is 0 Å². The van der Waals surface area contributed by atoms with Crippen molar-refractivity contribution in [3.63, 3.8) is 0 Å². The first-order valence-corrected chi connectivity index (χ1v) is 6.39. The monoisotopic (exact) mass is 282 g/mol. The van der Waals surface area contributed by atoms with Gasteiger partial charge in [0.2, 0.25) is 0 Å². The van der Waals surface area contributed by atoms with E-state index in [9.17, 15) is 0 Å². The predicted molar refractivity (Wildman–Crippen MR) is 71.4 cm³/mol. The summed E-state index contributed by atoms with van der Waals surface area (Å²) in [6.07, 6.45) is 0. The molecule has 0 N–H and O–H groups in total. The van der Waals surface area contributed by atoms with Crippen LogP contribution in [0.4, 0.5) is 5.69 Å². The van der Waals surface area contributed by atoms with Gasteiger partial charge in [-0.05, 0) is 41.9 Å². The summed E-state index contributed by atoms with van der Waals surface area (Å²) in [5.41, 5.74) is 2.08. The summed E-state index contributed by atoms with van der Waals surface area (Å²) in [6, 6.07) is 7.92. The average molecular weight is 283 g/mol. The normalized spacial score (nSPS) is 23.3. The molecule has 15 heavy (non-hydrogen) atoms. The summed E-state index contributed by atoms with van der Waals surface area (Å²) in [7, 11) is 0. The van der Waals surface area contributed by atoms with Gasteiger partial charge in [-0.1, -0.05) is 23.9 Å². The smallest absolute Gasteiger partial charge is 0.188 e. The molecule has 1 aliphatic heterocycles. The lowest BCUT2D eigenvalue weighted by Crippen LogP contribution is -2.01. The van der Waals surface area contributed by atoms with Crippen LogP contribution in [0.25, 0.3) is 0 Å². The molecule has 78 valence electrons. The zero-order valence-electron chi connectivity index (χ0n) is 8.57. The van der Waals surface area contributed by atoms with Crippen LogP contribution in [0.2, 0.25) is 0 Å². The van der Waals surface area contributed by atoms with Gasteiger partial charge in [0.15, 0.2) is 5.17 Å². The zero-order chi connectivity index (χ0) is 10.8. The Kier molecular flexibility index (Phi) is 3.26. The molecule has 2 rings (SSSR count). The first-order chi connectivity index (χ1) is 7.16. The summed E-state index contributed by atoms with van der Waals surface area (Å²) >= 11 is 5.17. The zero-order valence-corrected chi connectivity index (χ0v) is 11.0. The number of thioether (sulfide) groups is 1. The second-order valence-corrected chi connectivity index (χ2v) is 5.52. The second kappa shape index (κ2) is 4.49. The third-order valence-electron chi connectivity index (χ3n) is 2.21. The second-order valence-electron chi connectivity index (χ2n) is 3.36. The number of para-hydroxylation sites is 1. The van der Waals surface area contributed by atoms with Gasteiger partial charge in [-0.2, -0.15) is 0 Å². The van der Waals surface area contributed by atoms with Crippen LogP contribution in [-0.4, -0.2) is 16.1 Å². The summed E-state index contributed by atoms with van der Waals surface area (Å²) in [4.78, 5) is 8.92. The van der Waals surface area contributed by atoms with E-state index in [1.807, 2.05) is 31.2 Å². The number of hydrogen-bond donors (Lipinski definition) is 0. The fourth-order valence-corrected chi connectivity index (χ4v) is 2.47. The molecule has 1 aromatic carbocycles. The van der Waals surface area contributed by atoms with Crippen LogP contribution in [0.3, 0.4) is 0 Å². The molecule has 0 saturated heterocycles. The first kappa shape index (κ1) is 10.9. The Bertz CT molecular complexity index is 440. The number of halogens is 1. The molecule has 0 aliphatic carbocycles. The van der Waals surface area contributed by atoms with Crippen molar-refractivity contribution in [1.82, 2.24) is 0 Å². The maximum absolute atomic E-state index is 4.50. The van der Waals surface area contributed by atoms with E-state index in [1.54, 1.807) is 11.8 Å². The molecule has 0 spiro atoms. The summed E-state index contributed by atoms with van der Waals surface area (Å²) < 4.78 is 1.01. The Labute approximate surface area is 102 Å². The molecule has 0 fully saturated rings. The Morgan fingerprint density at radius 3 is 2.73 bits per heavy atom. The van der Waals surface area contributed by atoms with Gasteiger partial charge in [0, 0.05) is 15.4 Å². The van der Waals surface area contributed by atoms with Crippen molar-refractivity contribution in [3.05, 3.63) is 28.7 Å². The number of rotatable bonds is 1. The van der Waals surface area contributed by atoms with E-state index < -0.39 is 0 Å². The van der Waals surface area contributed by atoms with Gasteiger partial charge in [0.25, 0.3) is 0 Å². The summed E-state index contributed by atoms with van der Waals surface area (Å²) in [6.45, 7) is 4.19. The predicted octanol–water partition coefficient (Wildman–Crippen LogP) is 4.03. The first-order valence-electron chi connectivity index (χ1n) is 4.72. The van der Waals surface area contributed by atoms with Gasteiger partial charge in [-0.15, -0.1) is 0 Å². The van der Waals surface area contributed by atoms with E-state index in [-0.39, 0.29) is 0 Å². The minimum absolute atomic E-state index is 0.450. The maximum Gasteiger partial charge on any atom is 0.188 e. The number of nitrogens with zero attached hydrogens (tertiary/aromatic N) is 2. The molecule has 0 bridgehead atoms. The molecule has 0 aromatic heterocycles. The van der Waals surface area contributed by atoms with Gasteiger partial charge >= 0.3 is 0 Å². The minimum atomic E-state index is 0.450. The molecule has 1 aliphatic rings. The average Bonchev–Trinajstić information content (AvgIpc) is 2.50. The fourth-order valence-electron chi connectivity index (χ4n) is 1.21. The summed E-state index contributed by atoms with van der Waals surface area (Å²) in [5.74, 6) is 0. The number of hydrogen-bond acceptors (Lipinski definition) is 2. The van der Waals surface area contributed by atoms with E-state index in [2.05, 4.69) is 32.8 Å². The topological polar surface area (TPSA) is 24.7 Å². The van der Waals surface area contributed by atoms with Crippen molar-refractivity contribution < 1.29 is 0 Å². The Balaban J connectivity index is 2.30. The van der Waals surface area contributed by atoms with Crippen molar-refractivity contribution in [3.8, 4) is 0 Å². The lowest BCUT2D eigenvalue weighted by atomic mass is 10.3. The highest BCUT2D eigenvalue weighted by Gasteiger charge is 2.18. The van der Waals surface area contributed by atoms with Gasteiger partial charge < -0.3 is 0 Å². The summed E-state index contributed by atoms with van der Waals surface area (Å²) in [5, 5.41) is 1.30. The van der Waals surface area contributed by atoms with Crippen LogP contribution in [-0.2, 0) is 0 Å². The van der Waals surface area contributed by atoms with Crippen LogP contribution in [0, 0.1) is 0 Å². The van der Waals surface area contributed by atoms with Crippen LogP contribution in [0.5, 0.6) is 0 Å².